The van der Waals surface area contributed by atoms with Gasteiger partial charge in [-0.1, -0.05) is 12.1 Å². The standard InChI is InChI=1S/C12H15NO2/c1-8-4-3-5-10-12(8)9(7-13-10)6-11(14)15-2/h3-5,9,13H,6-7H2,1-2H3. The Morgan fingerprint density at radius 1 is 1.60 bits per heavy atom. The maximum atomic E-state index is 11.2. The van der Waals surface area contributed by atoms with Crippen LogP contribution in [0.3, 0.4) is 0 Å². The smallest absolute Gasteiger partial charge is 0.306 e. The number of hydrogen-bond acceptors (Lipinski definition) is 3. The number of aryl methyl sites for hydroxylation is 1. The minimum atomic E-state index is -0.141. The van der Waals surface area contributed by atoms with Crippen LogP contribution in [0.2, 0.25) is 0 Å². The van der Waals surface area contributed by atoms with E-state index in [2.05, 4.69) is 24.4 Å². The molecule has 2 rings (SSSR count). The van der Waals surface area contributed by atoms with Crippen LogP contribution in [0.5, 0.6) is 0 Å². The molecule has 0 bridgehead atoms. The number of nitrogens with one attached hydrogen (secondary N) is 1. The molecule has 1 aromatic carbocycles. The molecule has 1 heterocycles. The van der Waals surface area contributed by atoms with Crippen LogP contribution in [-0.2, 0) is 9.53 Å². The fourth-order valence-corrected chi connectivity index (χ4v) is 2.17. The minimum absolute atomic E-state index is 0.141. The Hall–Kier alpha value is -1.51. The van der Waals surface area contributed by atoms with E-state index in [-0.39, 0.29) is 11.9 Å². The highest BCUT2D eigenvalue weighted by atomic mass is 16.5. The van der Waals surface area contributed by atoms with Crippen molar-refractivity contribution in [1.29, 1.82) is 0 Å². The molecule has 0 fully saturated rings. The Morgan fingerprint density at radius 2 is 2.40 bits per heavy atom. The third kappa shape index (κ3) is 1.82. The molecule has 3 heteroatoms. The third-order valence-corrected chi connectivity index (χ3v) is 2.91. The van der Waals surface area contributed by atoms with Crippen LogP contribution in [0.1, 0.15) is 23.5 Å². The summed E-state index contributed by atoms with van der Waals surface area (Å²) in [4.78, 5) is 11.2. The Morgan fingerprint density at radius 3 is 3.13 bits per heavy atom. The normalized spacial score (nSPS) is 18.1. The molecule has 1 unspecified atom stereocenters. The quantitative estimate of drug-likeness (QED) is 0.751. The summed E-state index contributed by atoms with van der Waals surface area (Å²) in [7, 11) is 1.43. The van der Waals surface area contributed by atoms with Gasteiger partial charge in [0.15, 0.2) is 0 Å². The Labute approximate surface area is 89.4 Å². The zero-order chi connectivity index (χ0) is 10.8. The van der Waals surface area contributed by atoms with Crippen LogP contribution in [0.25, 0.3) is 0 Å². The fraction of sp³-hybridized carbons (Fsp3) is 0.417. The number of rotatable bonds is 2. The maximum Gasteiger partial charge on any atom is 0.306 e. The molecule has 1 atom stereocenters. The summed E-state index contributed by atoms with van der Waals surface area (Å²) in [5.74, 6) is 0.117. The molecule has 1 aliphatic rings. The number of carbonyl (C=O) groups excluding carboxylic acids is 1. The lowest BCUT2D eigenvalue weighted by atomic mass is 9.94. The predicted molar refractivity (Wildman–Crippen MR) is 59.0 cm³/mol. The fourth-order valence-electron chi connectivity index (χ4n) is 2.17. The van der Waals surface area contributed by atoms with Crippen molar-refractivity contribution in [2.75, 3.05) is 19.0 Å². The van der Waals surface area contributed by atoms with E-state index >= 15 is 0 Å². The average Bonchev–Trinajstić information content (AvgIpc) is 2.63. The second-order valence-electron chi connectivity index (χ2n) is 3.89. The molecule has 0 saturated heterocycles. The zero-order valence-electron chi connectivity index (χ0n) is 9.04. The van der Waals surface area contributed by atoms with Crippen molar-refractivity contribution in [3.63, 3.8) is 0 Å². The first-order valence-electron chi connectivity index (χ1n) is 5.12. The Bertz CT molecular complexity index is 387. The van der Waals surface area contributed by atoms with Crippen LogP contribution in [0, 0.1) is 6.92 Å². The summed E-state index contributed by atoms with van der Waals surface area (Å²) in [6.45, 7) is 2.91. The number of carbonyl (C=O) groups is 1. The van der Waals surface area contributed by atoms with Crippen LogP contribution in [0.4, 0.5) is 5.69 Å². The van der Waals surface area contributed by atoms with E-state index < -0.39 is 0 Å². The highest BCUT2D eigenvalue weighted by Gasteiger charge is 2.25. The summed E-state index contributed by atoms with van der Waals surface area (Å²) in [5.41, 5.74) is 3.67. The van der Waals surface area contributed by atoms with Gasteiger partial charge in [-0.05, 0) is 24.1 Å². The van der Waals surface area contributed by atoms with Gasteiger partial charge in [-0.15, -0.1) is 0 Å². The number of esters is 1. The summed E-state index contributed by atoms with van der Waals surface area (Å²) in [6.07, 6.45) is 0.460. The zero-order valence-corrected chi connectivity index (χ0v) is 9.04. The molecular weight excluding hydrogens is 190 g/mol. The second-order valence-corrected chi connectivity index (χ2v) is 3.89. The number of methoxy groups -OCH3 is 1. The summed E-state index contributed by atoms with van der Waals surface area (Å²) < 4.78 is 4.70. The van der Waals surface area contributed by atoms with E-state index in [0.29, 0.717) is 6.42 Å². The summed E-state index contributed by atoms with van der Waals surface area (Å²) >= 11 is 0. The van der Waals surface area contributed by atoms with Gasteiger partial charge in [-0.25, -0.2) is 0 Å². The van der Waals surface area contributed by atoms with Crippen LogP contribution < -0.4 is 5.32 Å². The number of hydrogen-bond donors (Lipinski definition) is 1. The van der Waals surface area contributed by atoms with Crippen molar-refractivity contribution in [3.05, 3.63) is 29.3 Å². The largest absolute Gasteiger partial charge is 0.469 e. The first kappa shape index (κ1) is 10.0. The highest BCUT2D eigenvalue weighted by Crippen LogP contribution is 2.35. The molecule has 3 nitrogen and oxygen atoms in total. The van der Waals surface area contributed by atoms with Crippen LogP contribution >= 0.6 is 0 Å². The van der Waals surface area contributed by atoms with Gasteiger partial charge >= 0.3 is 5.97 Å². The number of ether oxygens (including phenoxy) is 1. The topological polar surface area (TPSA) is 38.3 Å². The molecule has 0 amide bonds. The molecule has 0 radical (unpaired) electrons. The van der Waals surface area contributed by atoms with E-state index in [1.54, 1.807) is 0 Å². The first-order valence-corrected chi connectivity index (χ1v) is 5.12. The average molecular weight is 205 g/mol. The van der Waals surface area contributed by atoms with Gasteiger partial charge in [0, 0.05) is 18.2 Å². The molecule has 0 aromatic heterocycles. The number of fused-ring (bicyclic) bond motifs is 1. The molecule has 0 saturated carbocycles. The molecule has 1 aliphatic heterocycles. The van der Waals surface area contributed by atoms with Gasteiger partial charge in [-0.3, -0.25) is 4.79 Å². The summed E-state index contributed by atoms with van der Waals surface area (Å²) in [5, 5.41) is 3.31. The van der Waals surface area contributed by atoms with Gasteiger partial charge < -0.3 is 10.1 Å². The molecule has 1 aromatic rings. The van der Waals surface area contributed by atoms with Gasteiger partial charge in [0.1, 0.15) is 0 Å². The number of benzene rings is 1. The van der Waals surface area contributed by atoms with Crippen molar-refractivity contribution in [2.45, 2.75) is 19.3 Å². The highest BCUT2D eigenvalue weighted by molar-refractivity contribution is 5.73. The Kier molecular flexibility index (Phi) is 2.62. The number of anilines is 1. The Balaban J connectivity index is 2.24. The molecule has 15 heavy (non-hydrogen) atoms. The van der Waals surface area contributed by atoms with Crippen molar-refractivity contribution >= 4 is 11.7 Å². The van der Waals surface area contributed by atoms with Gasteiger partial charge in [0.25, 0.3) is 0 Å². The molecule has 1 N–H and O–H groups in total. The van der Waals surface area contributed by atoms with Gasteiger partial charge in [0.2, 0.25) is 0 Å². The van der Waals surface area contributed by atoms with Gasteiger partial charge in [-0.2, -0.15) is 0 Å². The van der Waals surface area contributed by atoms with Crippen molar-refractivity contribution in [1.82, 2.24) is 0 Å². The van der Waals surface area contributed by atoms with E-state index in [1.165, 1.54) is 18.2 Å². The molecule has 0 spiro atoms. The lowest BCUT2D eigenvalue weighted by molar-refractivity contribution is -0.140. The van der Waals surface area contributed by atoms with Crippen molar-refractivity contribution in [2.24, 2.45) is 0 Å². The first-order chi connectivity index (χ1) is 7.22. The van der Waals surface area contributed by atoms with Crippen molar-refractivity contribution in [3.8, 4) is 0 Å². The second kappa shape index (κ2) is 3.93. The van der Waals surface area contributed by atoms with Gasteiger partial charge in [0.05, 0.1) is 13.5 Å². The van der Waals surface area contributed by atoms with Crippen LogP contribution in [0.15, 0.2) is 18.2 Å². The predicted octanol–water partition coefficient (Wildman–Crippen LogP) is 2.07. The maximum absolute atomic E-state index is 11.2. The summed E-state index contributed by atoms with van der Waals surface area (Å²) in [6, 6.07) is 6.16. The molecule has 80 valence electrons. The third-order valence-electron chi connectivity index (χ3n) is 2.91. The SMILES string of the molecule is COC(=O)CC1CNc2cccc(C)c21. The van der Waals surface area contributed by atoms with E-state index in [0.717, 1.165) is 12.2 Å². The lowest BCUT2D eigenvalue weighted by Crippen LogP contribution is -2.10. The van der Waals surface area contributed by atoms with E-state index in [9.17, 15) is 4.79 Å². The van der Waals surface area contributed by atoms with E-state index in [4.69, 9.17) is 4.74 Å². The van der Waals surface area contributed by atoms with Crippen LogP contribution in [-0.4, -0.2) is 19.6 Å². The minimum Gasteiger partial charge on any atom is -0.469 e. The lowest BCUT2D eigenvalue weighted by Gasteiger charge is -2.10. The molecule has 0 aliphatic carbocycles. The monoisotopic (exact) mass is 205 g/mol. The van der Waals surface area contributed by atoms with Crippen molar-refractivity contribution < 1.29 is 9.53 Å². The molecular formula is C12H15NO2. The van der Waals surface area contributed by atoms with E-state index in [1.807, 2.05) is 6.07 Å².